The number of hydrogen-bond donors (Lipinski definition) is 0. The van der Waals surface area contributed by atoms with Gasteiger partial charge in [0.05, 0.1) is 5.69 Å². The maximum atomic E-state index is 13.0. The van der Waals surface area contributed by atoms with Crippen LogP contribution < -0.4 is 4.74 Å². The van der Waals surface area contributed by atoms with Crippen molar-refractivity contribution in [2.24, 2.45) is 0 Å². The van der Waals surface area contributed by atoms with E-state index in [1.165, 1.54) is 12.1 Å². The Balaban J connectivity index is 1.59. The number of rotatable bonds is 5. The molecule has 4 rings (SSSR count). The third kappa shape index (κ3) is 4.21. The Morgan fingerprint density at radius 2 is 1.59 bits per heavy atom. The second-order valence-electron chi connectivity index (χ2n) is 6.22. The summed E-state index contributed by atoms with van der Waals surface area (Å²) in [5, 5.41) is 1.03. The van der Waals surface area contributed by atoms with Crippen LogP contribution in [-0.4, -0.2) is 4.98 Å². The number of aromatic nitrogens is 1. The van der Waals surface area contributed by atoms with Gasteiger partial charge >= 0.3 is 0 Å². The second-order valence-corrected chi connectivity index (χ2v) is 6.22. The molecular formula is C24H18FNO. The largest absolute Gasteiger partial charge is 0.487 e. The molecule has 0 aliphatic carbocycles. The van der Waals surface area contributed by atoms with Gasteiger partial charge in [0.25, 0.3) is 0 Å². The van der Waals surface area contributed by atoms with E-state index in [4.69, 9.17) is 9.72 Å². The predicted molar refractivity (Wildman–Crippen MR) is 108 cm³/mol. The maximum absolute atomic E-state index is 13.0. The molecule has 0 amide bonds. The number of nitrogens with zero attached hydrogens (tertiary/aromatic N) is 1. The number of halogens is 1. The summed E-state index contributed by atoms with van der Waals surface area (Å²) in [7, 11) is 0. The summed E-state index contributed by atoms with van der Waals surface area (Å²) >= 11 is 0. The first-order chi connectivity index (χ1) is 13.3. The molecule has 0 unspecified atom stereocenters. The maximum Gasteiger partial charge on any atom is 0.146 e. The molecule has 3 heteroatoms. The van der Waals surface area contributed by atoms with E-state index in [-0.39, 0.29) is 5.82 Å². The molecule has 0 atom stereocenters. The van der Waals surface area contributed by atoms with E-state index in [0.29, 0.717) is 6.61 Å². The summed E-state index contributed by atoms with van der Waals surface area (Å²) in [6.07, 6.45) is 3.84. The van der Waals surface area contributed by atoms with Gasteiger partial charge in [-0.25, -0.2) is 9.37 Å². The molecule has 1 aromatic heterocycles. The molecule has 3 aromatic carbocycles. The Labute approximate surface area is 157 Å². The van der Waals surface area contributed by atoms with Gasteiger partial charge in [-0.3, -0.25) is 0 Å². The lowest BCUT2D eigenvalue weighted by Gasteiger charge is -2.09. The average Bonchev–Trinajstić information content (AvgIpc) is 2.72. The summed E-state index contributed by atoms with van der Waals surface area (Å²) in [6, 6.07) is 26.3. The Bertz CT molecular complexity index is 1070. The van der Waals surface area contributed by atoms with Gasteiger partial charge in [0, 0.05) is 5.39 Å². The van der Waals surface area contributed by atoms with Crippen molar-refractivity contribution in [3.05, 3.63) is 108 Å². The summed E-state index contributed by atoms with van der Waals surface area (Å²) in [6.45, 7) is 0.497. The lowest BCUT2D eigenvalue weighted by molar-refractivity contribution is 0.309. The molecule has 0 N–H and O–H groups in total. The van der Waals surface area contributed by atoms with Crippen LogP contribution in [0.15, 0.2) is 84.9 Å². The zero-order valence-electron chi connectivity index (χ0n) is 14.7. The molecule has 0 spiro atoms. The smallest absolute Gasteiger partial charge is 0.146 e. The van der Waals surface area contributed by atoms with Gasteiger partial charge in [-0.15, -0.1) is 0 Å². The molecule has 4 aromatic rings. The number of fused-ring (bicyclic) bond motifs is 1. The molecule has 0 radical (unpaired) electrons. The van der Waals surface area contributed by atoms with E-state index < -0.39 is 0 Å². The summed E-state index contributed by atoms with van der Waals surface area (Å²) in [5.74, 6) is 0.518. The first-order valence-electron chi connectivity index (χ1n) is 8.78. The van der Waals surface area contributed by atoms with E-state index in [2.05, 4.69) is 0 Å². The number of ether oxygens (including phenoxy) is 1. The standard InChI is InChI=1S/C24H18FNO/c25-21-13-9-18(10-14-21)11-15-22-16-12-20-7-4-8-23(24(20)26-22)27-17-19-5-2-1-3-6-19/h1-16H,17H2/b15-11-. The fraction of sp³-hybridized carbons (Fsp3) is 0.0417. The van der Waals surface area contributed by atoms with Crippen LogP contribution in [0.5, 0.6) is 5.75 Å². The molecule has 0 saturated heterocycles. The normalized spacial score (nSPS) is 11.1. The van der Waals surface area contributed by atoms with Crippen LogP contribution in [0.25, 0.3) is 23.1 Å². The van der Waals surface area contributed by atoms with Crippen molar-refractivity contribution >= 4 is 23.1 Å². The Hall–Kier alpha value is -3.46. The molecule has 0 saturated carbocycles. The van der Waals surface area contributed by atoms with Gasteiger partial charge in [0.15, 0.2) is 0 Å². The van der Waals surface area contributed by atoms with E-state index in [0.717, 1.165) is 33.5 Å². The zero-order chi connectivity index (χ0) is 18.5. The van der Waals surface area contributed by atoms with Gasteiger partial charge < -0.3 is 4.74 Å². The Morgan fingerprint density at radius 3 is 2.41 bits per heavy atom. The highest BCUT2D eigenvalue weighted by molar-refractivity contribution is 5.86. The highest BCUT2D eigenvalue weighted by Gasteiger charge is 2.05. The fourth-order valence-electron chi connectivity index (χ4n) is 2.84. The van der Waals surface area contributed by atoms with Gasteiger partial charge in [0.1, 0.15) is 23.7 Å². The van der Waals surface area contributed by atoms with Gasteiger partial charge in [-0.05, 0) is 41.5 Å². The van der Waals surface area contributed by atoms with Crippen molar-refractivity contribution in [1.29, 1.82) is 0 Å². The molecule has 132 valence electrons. The number of para-hydroxylation sites is 1. The van der Waals surface area contributed by atoms with Crippen LogP contribution in [0.2, 0.25) is 0 Å². The van der Waals surface area contributed by atoms with Gasteiger partial charge in [-0.1, -0.05) is 66.7 Å². The van der Waals surface area contributed by atoms with Crippen LogP contribution in [0.1, 0.15) is 16.8 Å². The van der Waals surface area contributed by atoms with Gasteiger partial charge in [0.2, 0.25) is 0 Å². The van der Waals surface area contributed by atoms with E-state index >= 15 is 0 Å². The van der Waals surface area contributed by atoms with Crippen LogP contribution >= 0.6 is 0 Å². The molecule has 1 heterocycles. The zero-order valence-corrected chi connectivity index (χ0v) is 14.7. The fourth-order valence-corrected chi connectivity index (χ4v) is 2.84. The quantitative estimate of drug-likeness (QED) is 0.430. The Morgan fingerprint density at radius 1 is 0.778 bits per heavy atom. The minimum Gasteiger partial charge on any atom is -0.487 e. The Kier molecular flexibility index (Phi) is 4.93. The van der Waals surface area contributed by atoms with Gasteiger partial charge in [-0.2, -0.15) is 0 Å². The van der Waals surface area contributed by atoms with Crippen LogP contribution in [0.3, 0.4) is 0 Å². The summed E-state index contributed by atoms with van der Waals surface area (Å²) in [4.78, 5) is 4.73. The van der Waals surface area contributed by atoms with Crippen molar-refractivity contribution in [3.63, 3.8) is 0 Å². The molecule has 0 aliphatic heterocycles. The molecular weight excluding hydrogens is 337 g/mol. The average molecular weight is 355 g/mol. The van der Waals surface area contributed by atoms with Crippen LogP contribution in [-0.2, 0) is 6.61 Å². The third-order valence-electron chi connectivity index (χ3n) is 4.26. The van der Waals surface area contributed by atoms with E-state index in [9.17, 15) is 4.39 Å². The number of pyridine rings is 1. The van der Waals surface area contributed by atoms with Crippen LogP contribution in [0, 0.1) is 5.82 Å². The molecule has 2 nitrogen and oxygen atoms in total. The molecule has 0 bridgehead atoms. The molecule has 0 fully saturated rings. The lowest BCUT2D eigenvalue weighted by atomic mass is 10.1. The van der Waals surface area contributed by atoms with Crippen molar-refractivity contribution in [2.75, 3.05) is 0 Å². The predicted octanol–water partition coefficient (Wildman–Crippen LogP) is 6.12. The number of hydrogen-bond acceptors (Lipinski definition) is 2. The van der Waals surface area contributed by atoms with Crippen LogP contribution in [0.4, 0.5) is 4.39 Å². The molecule has 27 heavy (non-hydrogen) atoms. The highest BCUT2D eigenvalue weighted by Crippen LogP contribution is 2.25. The van der Waals surface area contributed by atoms with Crippen molar-refractivity contribution in [2.45, 2.75) is 6.61 Å². The van der Waals surface area contributed by atoms with Crippen molar-refractivity contribution < 1.29 is 9.13 Å². The van der Waals surface area contributed by atoms with E-state index in [1.54, 1.807) is 12.1 Å². The SMILES string of the molecule is Fc1ccc(/C=C\c2ccc3cccc(OCc4ccccc4)c3n2)cc1. The third-order valence-corrected chi connectivity index (χ3v) is 4.26. The lowest BCUT2D eigenvalue weighted by Crippen LogP contribution is -1.97. The van der Waals surface area contributed by atoms with Crippen molar-refractivity contribution in [1.82, 2.24) is 4.98 Å². The highest BCUT2D eigenvalue weighted by atomic mass is 19.1. The minimum atomic E-state index is -0.240. The minimum absolute atomic E-state index is 0.240. The summed E-state index contributed by atoms with van der Waals surface area (Å²) in [5.41, 5.74) is 3.69. The second kappa shape index (κ2) is 7.83. The van der Waals surface area contributed by atoms with E-state index in [1.807, 2.05) is 72.8 Å². The first kappa shape index (κ1) is 17.0. The summed E-state index contributed by atoms with van der Waals surface area (Å²) < 4.78 is 19.0. The monoisotopic (exact) mass is 355 g/mol. The molecule has 0 aliphatic rings. The number of benzene rings is 3. The van der Waals surface area contributed by atoms with Crippen molar-refractivity contribution in [3.8, 4) is 5.75 Å². The first-order valence-corrected chi connectivity index (χ1v) is 8.78. The topological polar surface area (TPSA) is 22.1 Å².